The topological polar surface area (TPSA) is 54.9 Å². The molecule has 0 aliphatic rings. The van der Waals surface area contributed by atoms with Crippen molar-refractivity contribution in [2.45, 2.75) is 13.8 Å². The molecule has 0 aliphatic heterocycles. The number of carbonyl (C=O) groups is 1. The molecule has 1 aromatic heterocycles. The first-order chi connectivity index (χ1) is 14.0. The second-order valence-corrected chi connectivity index (χ2v) is 9.14. The third-order valence-electron chi connectivity index (χ3n) is 4.10. The van der Waals surface area contributed by atoms with Crippen molar-refractivity contribution in [3.8, 4) is 11.3 Å². The number of allylic oxidation sites excluding steroid dienone is 3. The Kier molecular flexibility index (Phi) is 7.17. The van der Waals surface area contributed by atoms with Crippen LogP contribution in [-0.4, -0.2) is 15.9 Å². The molecule has 0 radical (unpaired) electrons. The van der Waals surface area contributed by atoms with Gasteiger partial charge in [-0.1, -0.05) is 0 Å². The fourth-order valence-electron chi connectivity index (χ4n) is 2.79. The first-order valence-electron chi connectivity index (χ1n) is 8.94. The monoisotopic (exact) mass is 516 g/mol. The van der Waals surface area contributed by atoms with Crippen molar-refractivity contribution in [3.63, 3.8) is 0 Å². The summed E-state index contributed by atoms with van der Waals surface area (Å²) < 4.78 is 2.61. The Bertz CT molecular complexity index is 1140. The molecule has 0 atom stereocenters. The van der Waals surface area contributed by atoms with Crippen molar-refractivity contribution < 1.29 is 26.0 Å². The summed E-state index contributed by atoms with van der Waals surface area (Å²) >= 11 is 5.84. The van der Waals surface area contributed by atoms with Gasteiger partial charge in [-0.2, -0.15) is 0 Å². The number of fused-ring (bicyclic) bond motifs is 1. The van der Waals surface area contributed by atoms with Gasteiger partial charge in [0.15, 0.2) is 0 Å². The molecule has 148 valence electrons. The Hall–Kier alpha value is -2.51. The van der Waals surface area contributed by atoms with Crippen molar-refractivity contribution >= 4 is 34.2 Å². The average Bonchev–Trinajstić information content (AvgIpc) is 2.73. The summed E-state index contributed by atoms with van der Waals surface area (Å²) in [5, 5.41) is 3.53. The number of hydrogen-bond donors (Lipinski definition) is 1. The van der Waals surface area contributed by atoms with E-state index in [1.54, 1.807) is 18.3 Å². The van der Waals surface area contributed by atoms with Gasteiger partial charge in [0.25, 0.3) is 0 Å². The Morgan fingerprint density at radius 3 is 2.69 bits per heavy atom. The van der Waals surface area contributed by atoms with Gasteiger partial charge in [-0.25, -0.2) is 0 Å². The summed E-state index contributed by atoms with van der Waals surface area (Å²) in [5.74, 6) is -0.119. The molecular weight excluding hydrogens is 497 g/mol. The van der Waals surface area contributed by atoms with E-state index in [9.17, 15) is 4.79 Å². The zero-order chi connectivity index (χ0) is 20.8. The van der Waals surface area contributed by atoms with Crippen molar-refractivity contribution in [3.05, 3.63) is 85.7 Å². The molecule has 3 rings (SSSR count). The second-order valence-electron chi connectivity index (χ2n) is 6.15. The standard InChI is InChI=1S/C23H20ClIN3O/c1-4-8-15(3)22(25-5-2)23(29)27-16-11-12-18(24)17(13-16)21-14-26-19-9-6-7-10-20(19)28-21/h4-14H,2H2,1,3H3,(H,27,29)/q-1/b8-4-,22-15-. The fraction of sp³-hybridized carbons (Fsp3) is 0.0870. The summed E-state index contributed by atoms with van der Waals surface area (Å²) in [6.07, 6.45) is 5.56. The number of benzene rings is 2. The molecule has 0 unspecified atom stereocenters. The van der Waals surface area contributed by atoms with E-state index in [-0.39, 0.29) is 5.91 Å². The number of para-hydroxylation sites is 2. The van der Waals surface area contributed by atoms with Crippen molar-refractivity contribution in [2.75, 3.05) is 5.32 Å². The number of hydrogen-bond acceptors (Lipinski definition) is 3. The fourth-order valence-corrected chi connectivity index (χ4v) is 4.53. The molecule has 1 amide bonds. The molecule has 4 nitrogen and oxygen atoms in total. The van der Waals surface area contributed by atoms with E-state index in [0.717, 1.165) is 25.7 Å². The summed E-state index contributed by atoms with van der Waals surface area (Å²) in [7, 11) is 0. The number of nitrogens with zero attached hydrogens (tertiary/aromatic N) is 2. The van der Waals surface area contributed by atoms with Crippen LogP contribution in [0.1, 0.15) is 13.8 Å². The molecule has 6 heteroatoms. The number of nitrogens with one attached hydrogen (secondary N) is 1. The Labute approximate surface area is 185 Å². The molecule has 2 aromatic carbocycles. The van der Waals surface area contributed by atoms with Crippen LogP contribution in [0.15, 0.2) is 80.6 Å². The Morgan fingerprint density at radius 2 is 1.97 bits per heavy atom. The van der Waals surface area contributed by atoms with E-state index in [1.807, 2.05) is 60.4 Å². The Balaban J connectivity index is 1.95. The van der Waals surface area contributed by atoms with E-state index in [4.69, 9.17) is 11.6 Å². The number of carbonyl (C=O) groups excluding carboxylic acids is 1. The van der Waals surface area contributed by atoms with E-state index in [0.29, 0.717) is 16.4 Å². The maximum absolute atomic E-state index is 12.8. The predicted octanol–water partition coefficient (Wildman–Crippen LogP) is 2.97. The average molecular weight is 517 g/mol. The number of anilines is 1. The second kappa shape index (κ2) is 9.80. The molecule has 0 saturated heterocycles. The molecule has 29 heavy (non-hydrogen) atoms. The van der Waals surface area contributed by atoms with Crippen LogP contribution in [0.3, 0.4) is 0 Å². The third kappa shape index (κ3) is 5.10. The van der Waals surface area contributed by atoms with Crippen LogP contribution in [0.2, 0.25) is 5.02 Å². The Morgan fingerprint density at radius 1 is 1.21 bits per heavy atom. The minimum absolute atomic E-state index is 0.119. The summed E-state index contributed by atoms with van der Waals surface area (Å²) in [6, 6.07) is 13.0. The van der Waals surface area contributed by atoms with E-state index in [2.05, 4.69) is 21.9 Å². The molecule has 0 saturated carbocycles. The van der Waals surface area contributed by atoms with Gasteiger partial charge >= 0.3 is 186 Å². The molecular formula is C23H20ClIN3O-. The van der Waals surface area contributed by atoms with Crippen LogP contribution in [0.25, 0.3) is 22.3 Å². The van der Waals surface area contributed by atoms with Crippen LogP contribution in [-0.2, 0) is 4.79 Å². The van der Waals surface area contributed by atoms with Gasteiger partial charge in [-0.3, -0.25) is 0 Å². The molecule has 0 spiro atoms. The van der Waals surface area contributed by atoms with Crippen LogP contribution < -0.4 is 26.5 Å². The van der Waals surface area contributed by atoms with Gasteiger partial charge in [0.05, 0.1) is 0 Å². The maximum atomic E-state index is 12.8. The minimum atomic E-state index is -0.577. The van der Waals surface area contributed by atoms with E-state index < -0.39 is 21.2 Å². The van der Waals surface area contributed by atoms with Crippen LogP contribution in [0, 0.1) is 0 Å². The normalized spacial score (nSPS) is 12.2. The van der Waals surface area contributed by atoms with Crippen LogP contribution in [0.5, 0.6) is 0 Å². The number of rotatable bonds is 6. The molecule has 0 aliphatic carbocycles. The van der Waals surface area contributed by atoms with Gasteiger partial charge < -0.3 is 0 Å². The van der Waals surface area contributed by atoms with Gasteiger partial charge in [0, 0.05) is 0 Å². The first-order valence-corrected chi connectivity index (χ1v) is 11.6. The number of aromatic nitrogens is 2. The number of amides is 1. The molecule has 0 bridgehead atoms. The van der Waals surface area contributed by atoms with Crippen molar-refractivity contribution in [1.82, 2.24) is 9.97 Å². The molecule has 1 heterocycles. The summed E-state index contributed by atoms with van der Waals surface area (Å²) in [6.45, 7) is 7.67. The quantitative estimate of drug-likeness (QED) is 0.311. The molecule has 0 fully saturated rings. The van der Waals surface area contributed by atoms with Crippen LogP contribution in [0.4, 0.5) is 5.69 Å². The summed E-state index contributed by atoms with van der Waals surface area (Å²) in [4.78, 5) is 22.0. The van der Waals surface area contributed by atoms with Gasteiger partial charge in [-0.05, 0) is 0 Å². The summed E-state index contributed by atoms with van der Waals surface area (Å²) in [5.41, 5.74) is 4.59. The third-order valence-corrected chi connectivity index (χ3v) is 6.83. The predicted molar refractivity (Wildman–Crippen MR) is 116 cm³/mol. The van der Waals surface area contributed by atoms with Gasteiger partial charge in [0.1, 0.15) is 0 Å². The van der Waals surface area contributed by atoms with Gasteiger partial charge in [-0.15, -0.1) is 0 Å². The number of halogens is 2. The van der Waals surface area contributed by atoms with Crippen molar-refractivity contribution in [2.24, 2.45) is 0 Å². The van der Waals surface area contributed by atoms with Crippen LogP contribution >= 0.6 is 11.6 Å². The van der Waals surface area contributed by atoms with Crippen molar-refractivity contribution in [1.29, 1.82) is 0 Å². The SMILES string of the molecule is C=C[I-]/C(C(=O)Nc1ccc(Cl)c(-c2cnc3ccccc3n2)c1)=C(C)\C=C/C. The van der Waals surface area contributed by atoms with E-state index in [1.165, 1.54) is 0 Å². The van der Waals surface area contributed by atoms with Gasteiger partial charge in [0.2, 0.25) is 0 Å². The molecule has 3 aromatic rings. The molecule has 1 N–H and O–H groups in total. The zero-order valence-electron chi connectivity index (χ0n) is 16.1. The first kappa shape index (κ1) is 21.2. The van der Waals surface area contributed by atoms with E-state index >= 15 is 0 Å². The zero-order valence-corrected chi connectivity index (χ0v) is 19.0.